The Morgan fingerprint density at radius 1 is 0.897 bits per heavy atom. The molecule has 0 unspecified atom stereocenters. The van der Waals surface area contributed by atoms with E-state index in [4.69, 9.17) is 35.4 Å². The topological polar surface area (TPSA) is 46.2 Å². The molecule has 1 N–H and O–H groups in total. The van der Waals surface area contributed by atoms with Crippen molar-refractivity contribution in [1.82, 2.24) is 0 Å². The SMILES string of the molecule is Cc1cccc(CC(=S)Cc2ccc(S(=O)(=O)Nc3ccc(Cl)c(Cl)c3)cc2)c1. The van der Waals surface area contributed by atoms with Crippen LogP contribution in [0.25, 0.3) is 0 Å². The summed E-state index contributed by atoms with van der Waals surface area (Å²) in [5.41, 5.74) is 3.70. The molecule has 0 aliphatic carbocycles. The fourth-order valence-electron chi connectivity index (χ4n) is 2.90. The lowest BCUT2D eigenvalue weighted by molar-refractivity contribution is 0.601. The Balaban J connectivity index is 1.67. The predicted molar refractivity (Wildman–Crippen MR) is 125 cm³/mol. The van der Waals surface area contributed by atoms with Crippen LogP contribution in [0.5, 0.6) is 0 Å². The molecule has 0 aliphatic heterocycles. The van der Waals surface area contributed by atoms with E-state index in [1.54, 1.807) is 36.4 Å². The molecule has 3 aromatic rings. The molecular weight excluding hydrogens is 445 g/mol. The van der Waals surface area contributed by atoms with Crippen molar-refractivity contribution in [3.63, 3.8) is 0 Å². The van der Waals surface area contributed by atoms with Crippen LogP contribution in [0.4, 0.5) is 5.69 Å². The van der Waals surface area contributed by atoms with Crippen LogP contribution < -0.4 is 4.72 Å². The molecule has 0 aliphatic rings. The van der Waals surface area contributed by atoms with Crippen molar-refractivity contribution in [3.8, 4) is 0 Å². The van der Waals surface area contributed by atoms with E-state index in [1.807, 2.05) is 6.07 Å². The van der Waals surface area contributed by atoms with E-state index < -0.39 is 10.0 Å². The normalized spacial score (nSPS) is 11.3. The van der Waals surface area contributed by atoms with E-state index in [1.165, 1.54) is 17.2 Å². The summed E-state index contributed by atoms with van der Waals surface area (Å²) < 4.78 is 27.7. The third-order valence-corrected chi connectivity index (χ3v) is 6.72. The highest BCUT2D eigenvalue weighted by Crippen LogP contribution is 2.26. The Labute approximate surface area is 186 Å². The molecule has 3 rings (SSSR count). The first-order chi connectivity index (χ1) is 13.7. The summed E-state index contributed by atoms with van der Waals surface area (Å²) in [6.07, 6.45) is 1.33. The van der Waals surface area contributed by atoms with Gasteiger partial charge in [0.05, 0.1) is 20.6 Å². The Kier molecular flexibility index (Phi) is 6.96. The number of hydrogen-bond acceptors (Lipinski definition) is 3. The zero-order valence-electron chi connectivity index (χ0n) is 15.7. The number of anilines is 1. The van der Waals surface area contributed by atoms with Crippen LogP contribution in [0, 0.1) is 6.92 Å². The van der Waals surface area contributed by atoms with Crippen LogP contribution in [0.2, 0.25) is 10.0 Å². The molecule has 0 amide bonds. The lowest BCUT2D eigenvalue weighted by Gasteiger charge is -2.10. The number of aryl methyl sites for hydroxylation is 1. The minimum atomic E-state index is -3.73. The molecular formula is C22H19Cl2NO2S2. The van der Waals surface area contributed by atoms with Gasteiger partial charge in [-0.25, -0.2) is 8.42 Å². The molecule has 0 spiro atoms. The fourth-order valence-corrected chi connectivity index (χ4v) is 4.58. The van der Waals surface area contributed by atoms with Crippen LogP contribution in [-0.2, 0) is 22.9 Å². The zero-order chi connectivity index (χ0) is 21.0. The number of nitrogens with one attached hydrogen (secondary N) is 1. The average Bonchev–Trinajstić information content (AvgIpc) is 2.65. The molecule has 29 heavy (non-hydrogen) atoms. The van der Waals surface area contributed by atoms with Gasteiger partial charge in [0.1, 0.15) is 0 Å². The van der Waals surface area contributed by atoms with Gasteiger partial charge in [0.25, 0.3) is 10.0 Å². The lowest BCUT2D eigenvalue weighted by atomic mass is 10.0. The van der Waals surface area contributed by atoms with Crippen molar-refractivity contribution in [1.29, 1.82) is 0 Å². The summed E-state index contributed by atoms with van der Waals surface area (Å²) in [6, 6.07) is 19.5. The minimum Gasteiger partial charge on any atom is -0.280 e. The predicted octanol–water partition coefficient (Wildman–Crippen LogP) is 6.26. The van der Waals surface area contributed by atoms with E-state index in [-0.39, 0.29) is 9.92 Å². The smallest absolute Gasteiger partial charge is 0.261 e. The minimum absolute atomic E-state index is 0.164. The Bertz CT molecular complexity index is 1140. The van der Waals surface area contributed by atoms with Gasteiger partial charge in [-0.1, -0.05) is 77.4 Å². The summed E-state index contributed by atoms with van der Waals surface area (Å²) in [6.45, 7) is 2.05. The number of sulfonamides is 1. The lowest BCUT2D eigenvalue weighted by Crippen LogP contribution is -2.13. The second kappa shape index (κ2) is 9.26. The summed E-state index contributed by atoms with van der Waals surface area (Å²) in [7, 11) is -3.73. The van der Waals surface area contributed by atoms with Gasteiger partial charge in [0.2, 0.25) is 0 Å². The average molecular weight is 464 g/mol. The molecule has 3 aromatic carbocycles. The van der Waals surface area contributed by atoms with Crippen LogP contribution >= 0.6 is 35.4 Å². The quantitative estimate of drug-likeness (QED) is 0.420. The van der Waals surface area contributed by atoms with Gasteiger partial charge in [-0.05, 0) is 48.4 Å². The van der Waals surface area contributed by atoms with Gasteiger partial charge in [0.15, 0.2) is 0 Å². The molecule has 0 bridgehead atoms. The van der Waals surface area contributed by atoms with Crippen LogP contribution in [-0.4, -0.2) is 13.3 Å². The first-order valence-corrected chi connectivity index (χ1v) is 11.5. The van der Waals surface area contributed by atoms with Gasteiger partial charge in [-0.3, -0.25) is 4.72 Å². The van der Waals surface area contributed by atoms with E-state index in [2.05, 4.69) is 29.8 Å². The van der Waals surface area contributed by atoms with Gasteiger partial charge in [0, 0.05) is 17.7 Å². The number of halogens is 2. The van der Waals surface area contributed by atoms with Crippen molar-refractivity contribution in [2.45, 2.75) is 24.7 Å². The molecule has 0 fully saturated rings. The van der Waals surface area contributed by atoms with E-state index in [9.17, 15) is 8.42 Å². The summed E-state index contributed by atoms with van der Waals surface area (Å²) in [5, 5.41) is 0.643. The maximum absolute atomic E-state index is 12.6. The second-order valence-electron chi connectivity index (χ2n) is 6.76. The van der Waals surface area contributed by atoms with Gasteiger partial charge in [-0.2, -0.15) is 0 Å². The highest BCUT2D eigenvalue weighted by Gasteiger charge is 2.15. The molecule has 7 heteroatoms. The monoisotopic (exact) mass is 463 g/mol. The highest BCUT2D eigenvalue weighted by molar-refractivity contribution is 7.92. The molecule has 0 atom stereocenters. The Hall–Kier alpha value is -1.92. The van der Waals surface area contributed by atoms with E-state index >= 15 is 0 Å². The Morgan fingerprint density at radius 2 is 1.59 bits per heavy atom. The second-order valence-corrected chi connectivity index (χ2v) is 9.83. The summed E-state index contributed by atoms with van der Waals surface area (Å²) in [4.78, 5) is 1.07. The van der Waals surface area contributed by atoms with E-state index in [0.29, 0.717) is 17.1 Å². The number of thiocarbonyl (C=S) groups is 1. The van der Waals surface area contributed by atoms with Gasteiger partial charge in [-0.15, -0.1) is 0 Å². The molecule has 0 radical (unpaired) electrons. The molecule has 0 saturated carbocycles. The highest BCUT2D eigenvalue weighted by atomic mass is 35.5. The van der Waals surface area contributed by atoms with E-state index in [0.717, 1.165) is 16.8 Å². The zero-order valence-corrected chi connectivity index (χ0v) is 18.8. The third kappa shape index (κ3) is 6.03. The Morgan fingerprint density at radius 3 is 2.24 bits per heavy atom. The maximum atomic E-state index is 12.6. The number of hydrogen-bond donors (Lipinski definition) is 1. The van der Waals surface area contributed by atoms with Crippen LogP contribution in [0.15, 0.2) is 71.6 Å². The van der Waals surface area contributed by atoms with Crippen LogP contribution in [0.3, 0.4) is 0 Å². The van der Waals surface area contributed by atoms with Crippen molar-refractivity contribution in [3.05, 3.63) is 93.5 Å². The van der Waals surface area contributed by atoms with Crippen molar-refractivity contribution < 1.29 is 8.42 Å². The standard InChI is InChI=1S/C22H19Cl2NO2S2/c1-15-3-2-4-17(11-15)13-19(28)12-16-5-8-20(9-6-16)29(26,27)25-18-7-10-21(23)22(24)14-18/h2-11,14,25H,12-13H2,1H3. The first-order valence-electron chi connectivity index (χ1n) is 8.87. The molecule has 150 valence electrons. The van der Waals surface area contributed by atoms with Gasteiger partial charge >= 0.3 is 0 Å². The third-order valence-electron chi connectivity index (χ3n) is 4.29. The molecule has 0 saturated heterocycles. The van der Waals surface area contributed by atoms with Crippen molar-refractivity contribution >= 4 is 56.0 Å². The van der Waals surface area contributed by atoms with Gasteiger partial charge < -0.3 is 0 Å². The first kappa shape index (κ1) is 21.8. The summed E-state index contributed by atoms with van der Waals surface area (Å²) >= 11 is 17.3. The molecule has 0 aromatic heterocycles. The van der Waals surface area contributed by atoms with Crippen molar-refractivity contribution in [2.24, 2.45) is 0 Å². The fraction of sp³-hybridized carbons (Fsp3) is 0.136. The number of benzene rings is 3. The summed E-state index contributed by atoms with van der Waals surface area (Å²) in [5.74, 6) is 0. The molecule has 0 heterocycles. The van der Waals surface area contributed by atoms with Crippen molar-refractivity contribution in [2.75, 3.05) is 4.72 Å². The van der Waals surface area contributed by atoms with Crippen LogP contribution in [0.1, 0.15) is 16.7 Å². The largest absolute Gasteiger partial charge is 0.280 e. The molecule has 3 nitrogen and oxygen atoms in total. The maximum Gasteiger partial charge on any atom is 0.261 e. The number of rotatable bonds is 7.